The van der Waals surface area contributed by atoms with Crippen LogP contribution in [0.2, 0.25) is 0 Å². The van der Waals surface area contributed by atoms with Gasteiger partial charge < -0.3 is 14.6 Å². The van der Waals surface area contributed by atoms with E-state index in [9.17, 15) is 0 Å². The van der Waals surface area contributed by atoms with Crippen LogP contribution in [0.1, 0.15) is 26.2 Å². The topological polar surface area (TPSA) is 26.2 Å². The van der Waals surface area contributed by atoms with Gasteiger partial charge in [0.15, 0.2) is 0 Å². The van der Waals surface area contributed by atoms with Gasteiger partial charge in [-0.05, 0) is 63.4 Å². The lowest BCUT2D eigenvalue weighted by Crippen LogP contribution is -2.30. The summed E-state index contributed by atoms with van der Waals surface area (Å²) in [6.07, 6.45) is 6.15. The van der Waals surface area contributed by atoms with Crippen LogP contribution in [0.4, 0.5) is 0 Å². The number of ether oxygens (including phenoxy) is 1. The molecule has 0 spiro atoms. The van der Waals surface area contributed by atoms with E-state index in [-0.39, 0.29) is 0 Å². The van der Waals surface area contributed by atoms with E-state index in [1.54, 1.807) is 0 Å². The smallest absolute Gasteiger partial charge is 0.128 e. The second-order valence-corrected chi connectivity index (χ2v) is 5.63. The molecular formula is C17H24N2O. The summed E-state index contributed by atoms with van der Waals surface area (Å²) in [6, 6.07) is 8.52. The van der Waals surface area contributed by atoms with Gasteiger partial charge in [0.2, 0.25) is 0 Å². The van der Waals surface area contributed by atoms with Crippen LogP contribution in [0, 0.1) is 5.92 Å². The van der Waals surface area contributed by atoms with Crippen molar-refractivity contribution in [2.45, 2.75) is 32.7 Å². The highest BCUT2D eigenvalue weighted by Gasteiger charge is 2.13. The molecule has 3 nitrogen and oxygen atoms in total. The molecule has 0 saturated carbocycles. The molecule has 0 bridgehead atoms. The minimum Gasteiger partial charge on any atom is -0.493 e. The highest BCUT2D eigenvalue weighted by atomic mass is 16.5. The fourth-order valence-corrected chi connectivity index (χ4v) is 3.16. The number of aryl methyl sites for hydroxylation is 1. The van der Waals surface area contributed by atoms with Gasteiger partial charge in [0.25, 0.3) is 0 Å². The lowest BCUT2D eigenvalue weighted by molar-refractivity contribution is 0.342. The van der Waals surface area contributed by atoms with Gasteiger partial charge in [-0.15, -0.1) is 0 Å². The first-order chi connectivity index (χ1) is 9.88. The number of aromatic nitrogens is 1. The number of rotatable bonds is 5. The fraction of sp³-hybridized carbons (Fsp3) is 0.529. The van der Waals surface area contributed by atoms with Gasteiger partial charge in [0.1, 0.15) is 5.75 Å². The van der Waals surface area contributed by atoms with E-state index in [0.717, 1.165) is 24.8 Å². The van der Waals surface area contributed by atoms with Crippen molar-refractivity contribution in [3.05, 3.63) is 30.5 Å². The average Bonchev–Trinajstić information content (AvgIpc) is 2.91. The van der Waals surface area contributed by atoms with Crippen LogP contribution >= 0.6 is 0 Å². The minimum absolute atomic E-state index is 0.720. The third-order valence-corrected chi connectivity index (χ3v) is 4.25. The van der Waals surface area contributed by atoms with Crippen molar-refractivity contribution < 1.29 is 4.74 Å². The molecule has 1 unspecified atom stereocenters. The molecule has 2 aromatic rings. The Hall–Kier alpha value is -1.48. The summed E-state index contributed by atoms with van der Waals surface area (Å²) in [5.41, 5.74) is 1.29. The number of benzene rings is 1. The van der Waals surface area contributed by atoms with Crippen molar-refractivity contribution in [2.75, 3.05) is 19.7 Å². The van der Waals surface area contributed by atoms with Crippen molar-refractivity contribution in [1.82, 2.24) is 9.88 Å². The van der Waals surface area contributed by atoms with Crippen molar-refractivity contribution in [1.29, 1.82) is 0 Å². The molecule has 3 rings (SSSR count). The third-order valence-electron chi connectivity index (χ3n) is 4.25. The molecule has 1 atom stereocenters. The van der Waals surface area contributed by atoms with Crippen LogP contribution in [-0.4, -0.2) is 24.3 Å². The molecule has 1 aliphatic heterocycles. The molecule has 1 saturated heterocycles. The zero-order valence-corrected chi connectivity index (χ0v) is 12.3. The molecule has 1 N–H and O–H groups in total. The Bertz CT molecular complexity index is 555. The largest absolute Gasteiger partial charge is 0.493 e. The highest BCUT2D eigenvalue weighted by molar-refractivity contribution is 5.86. The van der Waals surface area contributed by atoms with E-state index >= 15 is 0 Å². The van der Waals surface area contributed by atoms with Crippen LogP contribution in [0.5, 0.6) is 5.75 Å². The third kappa shape index (κ3) is 2.83. The summed E-state index contributed by atoms with van der Waals surface area (Å²) >= 11 is 0. The Labute approximate surface area is 120 Å². The Morgan fingerprint density at radius 1 is 1.35 bits per heavy atom. The quantitative estimate of drug-likeness (QED) is 0.902. The number of hydrogen-bond acceptors (Lipinski definition) is 2. The maximum Gasteiger partial charge on any atom is 0.128 e. The molecule has 1 aromatic heterocycles. The van der Waals surface area contributed by atoms with E-state index in [0.29, 0.717) is 0 Å². The Morgan fingerprint density at radius 2 is 2.30 bits per heavy atom. The first kappa shape index (κ1) is 13.5. The van der Waals surface area contributed by atoms with Gasteiger partial charge in [-0.3, -0.25) is 0 Å². The molecule has 20 heavy (non-hydrogen) atoms. The fourth-order valence-electron chi connectivity index (χ4n) is 3.16. The SMILES string of the molecule is CCOc1cccc2c1ccn2CCC1CCCNC1. The van der Waals surface area contributed by atoms with E-state index in [1.165, 1.54) is 43.3 Å². The molecule has 1 fully saturated rings. The molecule has 2 heterocycles. The van der Waals surface area contributed by atoms with Crippen LogP contribution in [0.3, 0.4) is 0 Å². The minimum atomic E-state index is 0.720. The molecule has 1 aliphatic rings. The summed E-state index contributed by atoms with van der Waals surface area (Å²) in [5, 5.41) is 4.73. The summed E-state index contributed by atoms with van der Waals surface area (Å²) in [6.45, 7) is 6.24. The van der Waals surface area contributed by atoms with Gasteiger partial charge in [-0.2, -0.15) is 0 Å². The lowest BCUT2D eigenvalue weighted by Gasteiger charge is -2.22. The molecule has 0 amide bonds. The van der Waals surface area contributed by atoms with Crippen LogP contribution in [-0.2, 0) is 6.54 Å². The van der Waals surface area contributed by atoms with Crippen molar-refractivity contribution >= 4 is 10.9 Å². The summed E-state index contributed by atoms with van der Waals surface area (Å²) in [4.78, 5) is 0. The lowest BCUT2D eigenvalue weighted by atomic mass is 9.96. The van der Waals surface area contributed by atoms with Crippen molar-refractivity contribution in [3.63, 3.8) is 0 Å². The van der Waals surface area contributed by atoms with Gasteiger partial charge in [-0.1, -0.05) is 6.07 Å². The van der Waals surface area contributed by atoms with Crippen LogP contribution < -0.4 is 10.1 Å². The van der Waals surface area contributed by atoms with Crippen molar-refractivity contribution in [3.8, 4) is 5.75 Å². The molecule has 1 aromatic carbocycles. The van der Waals surface area contributed by atoms with E-state index in [2.05, 4.69) is 40.3 Å². The summed E-state index contributed by atoms with van der Waals surface area (Å²) < 4.78 is 8.07. The van der Waals surface area contributed by atoms with Gasteiger partial charge >= 0.3 is 0 Å². The number of hydrogen-bond donors (Lipinski definition) is 1. The first-order valence-electron chi connectivity index (χ1n) is 7.80. The monoisotopic (exact) mass is 272 g/mol. The second-order valence-electron chi connectivity index (χ2n) is 5.63. The molecule has 108 valence electrons. The maximum absolute atomic E-state index is 5.70. The Kier molecular flexibility index (Phi) is 4.26. The molecular weight excluding hydrogens is 248 g/mol. The summed E-state index contributed by atoms with van der Waals surface area (Å²) in [7, 11) is 0. The standard InChI is InChI=1S/C17H24N2O/c1-2-20-17-7-3-6-16-15(17)9-12-19(16)11-8-14-5-4-10-18-13-14/h3,6-7,9,12,14,18H,2,4-5,8,10-11,13H2,1H3. The first-order valence-corrected chi connectivity index (χ1v) is 7.80. The molecule has 3 heteroatoms. The van der Waals surface area contributed by atoms with E-state index in [4.69, 9.17) is 4.74 Å². The number of nitrogens with zero attached hydrogens (tertiary/aromatic N) is 1. The van der Waals surface area contributed by atoms with Crippen LogP contribution in [0.15, 0.2) is 30.5 Å². The second kappa shape index (κ2) is 6.31. The Balaban J connectivity index is 1.73. The Morgan fingerprint density at radius 3 is 3.10 bits per heavy atom. The normalized spacial score (nSPS) is 19.4. The van der Waals surface area contributed by atoms with Gasteiger partial charge in [0, 0.05) is 18.1 Å². The van der Waals surface area contributed by atoms with Gasteiger partial charge in [-0.25, -0.2) is 0 Å². The van der Waals surface area contributed by atoms with E-state index < -0.39 is 0 Å². The predicted molar refractivity (Wildman–Crippen MR) is 83.3 cm³/mol. The zero-order valence-electron chi connectivity index (χ0n) is 12.3. The number of nitrogens with one attached hydrogen (secondary N) is 1. The molecule has 0 aliphatic carbocycles. The van der Waals surface area contributed by atoms with E-state index in [1.807, 2.05) is 6.92 Å². The molecule has 0 radical (unpaired) electrons. The zero-order chi connectivity index (χ0) is 13.8. The maximum atomic E-state index is 5.70. The highest BCUT2D eigenvalue weighted by Crippen LogP contribution is 2.27. The van der Waals surface area contributed by atoms with Crippen molar-refractivity contribution in [2.24, 2.45) is 5.92 Å². The predicted octanol–water partition coefficient (Wildman–Crippen LogP) is 3.43. The van der Waals surface area contributed by atoms with Crippen LogP contribution in [0.25, 0.3) is 10.9 Å². The average molecular weight is 272 g/mol. The number of piperidine rings is 1. The number of fused-ring (bicyclic) bond motifs is 1. The van der Waals surface area contributed by atoms with Gasteiger partial charge in [0.05, 0.1) is 12.1 Å². The summed E-state index contributed by atoms with van der Waals surface area (Å²) in [5.74, 6) is 1.83.